The van der Waals surface area contributed by atoms with Crippen LogP contribution >= 0.6 is 0 Å². The number of nitrogens with zero attached hydrogens (tertiary/aromatic N) is 2. The number of para-hydroxylation sites is 1. The molecule has 1 aliphatic carbocycles. The fourth-order valence-electron chi connectivity index (χ4n) is 6.31. The molecule has 1 aliphatic heterocycles. The van der Waals surface area contributed by atoms with Gasteiger partial charge in [0.15, 0.2) is 11.5 Å². The van der Waals surface area contributed by atoms with Gasteiger partial charge in [0.25, 0.3) is 0 Å². The van der Waals surface area contributed by atoms with Crippen molar-refractivity contribution in [2.75, 3.05) is 33.9 Å². The molecule has 1 atom stereocenters. The number of carbonyl (C=O) groups is 2. The fraction of sp³-hybridized carbons (Fsp3) is 0.515. The van der Waals surface area contributed by atoms with E-state index >= 15 is 0 Å². The Morgan fingerprint density at radius 1 is 1.14 bits per heavy atom. The third-order valence-corrected chi connectivity index (χ3v) is 8.36. The average Bonchev–Trinajstić information content (AvgIpc) is 3.25. The van der Waals surface area contributed by atoms with E-state index in [4.69, 9.17) is 14.2 Å². The van der Waals surface area contributed by atoms with Crippen LogP contribution < -0.4 is 10.1 Å². The van der Waals surface area contributed by atoms with Gasteiger partial charge in [0.2, 0.25) is 0 Å². The summed E-state index contributed by atoms with van der Waals surface area (Å²) in [5, 5.41) is 14.9. The highest BCUT2D eigenvalue weighted by Gasteiger charge is 2.32. The number of aromatic hydroxyl groups is 1. The zero-order valence-electron chi connectivity index (χ0n) is 25.4. The number of carbonyl (C=O) groups excluding carboxylic acids is 2. The second-order valence-electron chi connectivity index (χ2n) is 12.5. The molecule has 2 aliphatic rings. The Morgan fingerprint density at radius 2 is 1.90 bits per heavy atom. The minimum atomic E-state index is -0.566. The first kappa shape index (κ1) is 29.8. The number of hydrogen-bond donors (Lipinski definition) is 2. The van der Waals surface area contributed by atoms with E-state index in [0.717, 1.165) is 35.0 Å². The first-order valence-corrected chi connectivity index (χ1v) is 14.9. The number of hydrogen-bond acceptors (Lipinski definition) is 7. The van der Waals surface area contributed by atoms with Crippen molar-refractivity contribution in [2.45, 2.75) is 77.0 Å². The predicted molar refractivity (Wildman–Crippen MR) is 162 cm³/mol. The molecule has 1 amide bonds. The van der Waals surface area contributed by atoms with Crippen molar-refractivity contribution in [3.8, 4) is 22.8 Å². The van der Waals surface area contributed by atoms with E-state index in [1.54, 1.807) is 6.07 Å². The van der Waals surface area contributed by atoms with Crippen LogP contribution in [-0.4, -0.2) is 72.1 Å². The quantitative estimate of drug-likeness (QED) is 0.343. The summed E-state index contributed by atoms with van der Waals surface area (Å²) in [5.74, 6) is 0.562. The molecule has 2 N–H and O–H groups in total. The van der Waals surface area contributed by atoms with Gasteiger partial charge < -0.3 is 29.2 Å². The number of benzene rings is 2. The number of phenols is 1. The molecule has 226 valence electrons. The first-order valence-electron chi connectivity index (χ1n) is 14.9. The van der Waals surface area contributed by atoms with E-state index in [1.807, 2.05) is 52.1 Å². The lowest BCUT2D eigenvalue weighted by Gasteiger charge is -2.33. The number of esters is 1. The summed E-state index contributed by atoms with van der Waals surface area (Å²) in [6.07, 6.45) is 5.34. The number of ether oxygens (including phenoxy) is 3. The van der Waals surface area contributed by atoms with Crippen LogP contribution in [0.3, 0.4) is 0 Å². The summed E-state index contributed by atoms with van der Waals surface area (Å²) in [4.78, 5) is 27.0. The zero-order valence-corrected chi connectivity index (χ0v) is 25.4. The number of alkyl carbamates (subject to hydrolysis) is 1. The molecule has 0 radical (unpaired) electrons. The first-order chi connectivity index (χ1) is 20.1. The highest BCUT2D eigenvalue weighted by molar-refractivity contribution is 5.99. The van der Waals surface area contributed by atoms with Crippen molar-refractivity contribution in [1.29, 1.82) is 0 Å². The molecule has 1 fully saturated rings. The fourth-order valence-corrected chi connectivity index (χ4v) is 6.31. The van der Waals surface area contributed by atoms with E-state index < -0.39 is 11.7 Å². The summed E-state index contributed by atoms with van der Waals surface area (Å²) in [7, 11) is 3.40. The molecule has 2 aromatic carbocycles. The molecule has 3 aromatic rings. The van der Waals surface area contributed by atoms with E-state index in [0.29, 0.717) is 43.5 Å². The molecule has 9 heteroatoms. The summed E-state index contributed by atoms with van der Waals surface area (Å²) in [5.41, 5.74) is 4.06. The van der Waals surface area contributed by atoms with Gasteiger partial charge in [-0.15, -0.1) is 0 Å². The Labute approximate surface area is 247 Å². The van der Waals surface area contributed by atoms with Gasteiger partial charge in [-0.05, 0) is 76.4 Å². The van der Waals surface area contributed by atoms with Crippen LogP contribution in [0.4, 0.5) is 4.79 Å². The second-order valence-corrected chi connectivity index (χ2v) is 12.5. The SMILES string of the molecule is COC(=O)c1ccc2c(C3CCCCC3)c3n(c2c1)C[C@@H](N(C)CCNC(=O)OC(C)(C)C)COc1c(O)cccc1-3. The maximum Gasteiger partial charge on any atom is 0.407 e. The lowest BCUT2D eigenvalue weighted by molar-refractivity contribution is 0.0516. The van der Waals surface area contributed by atoms with E-state index in [-0.39, 0.29) is 17.8 Å². The number of amides is 1. The molecule has 9 nitrogen and oxygen atoms in total. The van der Waals surface area contributed by atoms with E-state index in [2.05, 4.69) is 20.9 Å². The van der Waals surface area contributed by atoms with Gasteiger partial charge in [0.1, 0.15) is 12.2 Å². The Balaban J connectivity index is 1.58. The maximum atomic E-state index is 12.6. The van der Waals surface area contributed by atoms with Gasteiger partial charge in [-0.1, -0.05) is 31.4 Å². The maximum absolute atomic E-state index is 12.6. The van der Waals surface area contributed by atoms with E-state index in [9.17, 15) is 14.7 Å². The normalized spacial score (nSPS) is 17.5. The van der Waals surface area contributed by atoms with Crippen molar-refractivity contribution in [3.63, 3.8) is 0 Å². The number of phenolic OH excluding ortho intramolecular Hbond substituents is 1. The zero-order chi connectivity index (χ0) is 30.0. The number of likely N-dealkylation sites (N-methyl/N-ethyl adjacent to an activating group) is 1. The highest BCUT2D eigenvalue weighted by atomic mass is 16.6. The Kier molecular flexibility index (Phi) is 8.68. The molecular weight excluding hydrogens is 534 g/mol. The number of methoxy groups -OCH3 is 1. The summed E-state index contributed by atoms with van der Waals surface area (Å²) >= 11 is 0. The number of rotatable bonds is 6. The molecule has 2 heterocycles. The Bertz CT molecular complexity index is 1450. The molecule has 1 saturated carbocycles. The smallest absolute Gasteiger partial charge is 0.407 e. The van der Waals surface area contributed by atoms with Crippen LogP contribution in [-0.2, 0) is 16.0 Å². The minimum absolute atomic E-state index is 0.0893. The number of aromatic nitrogens is 1. The van der Waals surface area contributed by atoms with Gasteiger partial charge in [0, 0.05) is 36.1 Å². The van der Waals surface area contributed by atoms with Crippen LogP contribution in [0.5, 0.6) is 11.5 Å². The van der Waals surface area contributed by atoms with Gasteiger partial charge in [0.05, 0.1) is 24.4 Å². The minimum Gasteiger partial charge on any atom is -0.504 e. The van der Waals surface area contributed by atoms with Crippen molar-refractivity contribution in [2.24, 2.45) is 0 Å². The van der Waals surface area contributed by atoms with Crippen LogP contribution in [0, 0.1) is 0 Å². The predicted octanol–water partition coefficient (Wildman–Crippen LogP) is 6.07. The van der Waals surface area contributed by atoms with Crippen molar-refractivity contribution in [3.05, 3.63) is 47.5 Å². The number of nitrogens with one attached hydrogen (secondary N) is 1. The van der Waals surface area contributed by atoms with Gasteiger partial charge in [-0.2, -0.15) is 0 Å². The van der Waals surface area contributed by atoms with Crippen molar-refractivity contribution < 1.29 is 28.9 Å². The Hall–Kier alpha value is -3.72. The number of fused-ring (bicyclic) bond motifs is 5. The van der Waals surface area contributed by atoms with Crippen molar-refractivity contribution in [1.82, 2.24) is 14.8 Å². The van der Waals surface area contributed by atoms with Crippen LogP contribution in [0.1, 0.15) is 74.7 Å². The van der Waals surface area contributed by atoms with Crippen molar-refractivity contribution >= 4 is 23.0 Å². The van der Waals surface area contributed by atoms with Crippen LogP contribution in [0.25, 0.3) is 22.2 Å². The monoisotopic (exact) mass is 577 g/mol. The average molecular weight is 578 g/mol. The molecular formula is C33H43N3O6. The standard InChI is InChI=1S/C33H43N3O6/c1-33(2,3)42-32(39)34-16-17-35(4)23-19-36-26-18-22(31(38)40-5)14-15-24(26)28(21-10-7-6-8-11-21)29(36)25-12-9-13-27(37)30(25)41-20-23/h9,12-15,18,21,23,37H,6-8,10-11,16-17,19-20H2,1-5H3,(H,34,39)/t23-/m1/s1. The topological polar surface area (TPSA) is 102 Å². The summed E-state index contributed by atoms with van der Waals surface area (Å²) in [6, 6.07) is 11.3. The molecule has 0 unspecified atom stereocenters. The molecule has 5 rings (SSSR count). The third-order valence-electron chi connectivity index (χ3n) is 8.36. The third kappa shape index (κ3) is 6.21. The second kappa shape index (κ2) is 12.3. The molecule has 0 saturated heterocycles. The molecule has 42 heavy (non-hydrogen) atoms. The lowest BCUT2D eigenvalue weighted by atomic mass is 9.81. The summed E-state index contributed by atoms with van der Waals surface area (Å²) in [6.45, 7) is 7.42. The van der Waals surface area contributed by atoms with E-state index in [1.165, 1.54) is 31.9 Å². The highest BCUT2D eigenvalue weighted by Crippen LogP contribution is 2.48. The molecule has 0 bridgehead atoms. The summed E-state index contributed by atoms with van der Waals surface area (Å²) < 4.78 is 19.1. The Morgan fingerprint density at radius 3 is 2.62 bits per heavy atom. The van der Waals surface area contributed by atoms with Crippen LogP contribution in [0.15, 0.2) is 36.4 Å². The molecule has 1 aromatic heterocycles. The van der Waals surface area contributed by atoms with Gasteiger partial charge in [-0.3, -0.25) is 4.90 Å². The lowest BCUT2D eigenvalue weighted by Crippen LogP contribution is -2.44. The largest absolute Gasteiger partial charge is 0.504 e. The van der Waals surface area contributed by atoms with Gasteiger partial charge in [-0.25, -0.2) is 9.59 Å². The van der Waals surface area contributed by atoms with Gasteiger partial charge >= 0.3 is 12.1 Å². The van der Waals surface area contributed by atoms with Crippen LogP contribution in [0.2, 0.25) is 0 Å². The molecule has 0 spiro atoms.